The van der Waals surface area contributed by atoms with Crippen LogP contribution in [0.25, 0.3) is 11.1 Å². The molecule has 0 aliphatic heterocycles. The van der Waals surface area contributed by atoms with E-state index < -0.39 is 53.7 Å². The van der Waals surface area contributed by atoms with Gasteiger partial charge in [-0.2, -0.15) is 0 Å². The molecule has 186 valence electrons. The number of fused-ring (bicyclic) bond motifs is 3. The lowest BCUT2D eigenvalue weighted by atomic mass is 9.86. The zero-order valence-corrected chi connectivity index (χ0v) is 19.7. The van der Waals surface area contributed by atoms with Gasteiger partial charge >= 0.3 is 12.1 Å². The van der Waals surface area contributed by atoms with E-state index in [-0.39, 0.29) is 12.5 Å². The summed E-state index contributed by atoms with van der Waals surface area (Å²) in [5.41, 5.74) is 3.33. The third kappa shape index (κ3) is 4.72. The number of benzene rings is 2. The lowest BCUT2D eigenvalue weighted by molar-refractivity contribution is -0.145. The molecule has 7 nitrogen and oxygen atoms in total. The summed E-state index contributed by atoms with van der Waals surface area (Å²) in [6.45, 7) is 4.35. The molecular weight excluding hydrogens is 458 g/mol. The van der Waals surface area contributed by atoms with Gasteiger partial charge < -0.3 is 20.5 Å². The molecule has 2 aliphatic carbocycles. The van der Waals surface area contributed by atoms with Gasteiger partial charge in [0, 0.05) is 12.5 Å². The van der Waals surface area contributed by atoms with Crippen molar-refractivity contribution >= 4 is 18.0 Å². The van der Waals surface area contributed by atoms with Crippen molar-refractivity contribution in [2.24, 2.45) is 17.3 Å². The van der Waals surface area contributed by atoms with Crippen molar-refractivity contribution < 1.29 is 33.0 Å². The molecule has 1 fully saturated rings. The van der Waals surface area contributed by atoms with Gasteiger partial charge in [-0.3, -0.25) is 4.79 Å². The van der Waals surface area contributed by atoms with E-state index in [9.17, 15) is 28.3 Å². The van der Waals surface area contributed by atoms with Gasteiger partial charge in [0.25, 0.3) is 5.92 Å². The van der Waals surface area contributed by atoms with Crippen molar-refractivity contribution in [1.82, 2.24) is 10.6 Å². The van der Waals surface area contributed by atoms with Crippen LogP contribution >= 0.6 is 0 Å². The number of hydrogen-bond acceptors (Lipinski definition) is 4. The van der Waals surface area contributed by atoms with Crippen LogP contribution in [0.5, 0.6) is 0 Å². The van der Waals surface area contributed by atoms with Crippen LogP contribution in [0.4, 0.5) is 13.6 Å². The molecule has 2 aliphatic rings. The van der Waals surface area contributed by atoms with Crippen molar-refractivity contribution in [1.29, 1.82) is 0 Å². The monoisotopic (exact) mass is 486 g/mol. The van der Waals surface area contributed by atoms with Gasteiger partial charge in [-0.1, -0.05) is 69.3 Å². The summed E-state index contributed by atoms with van der Waals surface area (Å²) in [5, 5.41) is 13.9. The van der Waals surface area contributed by atoms with Gasteiger partial charge in [-0.25, -0.2) is 18.4 Å². The lowest BCUT2D eigenvalue weighted by Crippen LogP contribution is -2.50. The van der Waals surface area contributed by atoms with Gasteiger partial charge in [-0.15, -0.1) is 0 Å². The number of carbonyl (C=O) groups is 3. The van der Waals surface area contributed by atoms with E-state index >= 15 is 0 Å². The Labute approximate surface area is 201 Å². The maximum absolute atomic E-state index is 14.3. The summed E-state index contributed by atoms with van der Waals surface area (Å²) < 4.78 is 33.9. The maximum atomic E-state index is 14.3. The Bertz CT molecular complexity index is 1110. The number of nitrogens with one attached hydrogen (secondary N) is 2. The molecule has 0 radical (unpaired) electrons. The first-order valence-corrected chi connectivity index (χ1v) is 11.4. The average Bonchev–Trinajstić information content (AvgIpc) is 3.20. The van der Waals surface area contributed by atoms with E-state index in [2.05, 4.69) is 10.6 Å². The maximum Gasteiger partial charge on any atom is 0.407 e. The van der Waals surface area contributed by atoms with E-state index in [1.165, 1.54) is 0 Å². The highest BCUT2D eigenvalue weighted by molar-refractivity contribution is 5.88. The molecule has 1 saturated carbocycles. The smallest absolute Gasteiger partial charge is 0.407 e. The van der Waals surface area contributed by atoms with Crippen LogP contribution in [0.1, 0.15) is 37.8 Å². The molecule has 4 rings (SSSR count). The number of carboxylic acid groups (broad SMARTS) is 1. The summed E-state index contributed by atoms with van der Waals surface area (Å²) in [4.78, 5) is 36.1. The molecule has 0 aromatic heterocycles. The number of rotatable bonds is 7. The number of carbonyl (C=O) groups excluding carboxylic acids is 2. The Morgan fingerprint density at radius 3 is 2.09 bits per heavy atom. The van der Waals surface area contributed by atoms with Crippen LogP contribution < -0.4 is 10.6 Å². The van der Waals surface area contributed by atoms with Crippen LogP contribution in [-0.4, -0.2) is 48.2 Å². The van der Waals surface area contributed by atoms with Crippen LogP contribution in [-0.2, 0) is 14.3 Å². The number of aliphatic carboxylic acids is 1. The fraction of sp³-hybridized carbons (Fsp3) is 0.423. The second kappa shape index (κ2) is 8.94. The zero-order valence-electron chi connectivity index (χ0n) is 19.7. The van der Waals surface area contributed by atoms with Crippen LogP contribution in [0, 0.1) is 17.3 Å². The molecule has 35 heavy (non-hydrogen) atoms. The van der Waals surface area contributed by atoms with E-state index in [0.717, 1.165) is 22.3 Å². The first-order chi connectivity index (χ1) is 16.4. The molecule has 9 heteroatoms. The number of amides is 2. The third-order valence-electron chi connectivity index (χ3n) is 6.69. The van der Waals surface area contributed by atoms with Crippen molar-refractivity contribution in [2.45, 2.75) is 38.7 Å². The first-order valence-electron chi connectivity index (χ1n) is 11.4. The van der Waals surface area contributed by atoms with E-state index in [0.29, 0.717) is 0 Å². The van der Waals surface area contributed by atoms with Gasteiger partial charge in [0.15, 0.2) is 0 Å². The summed E-state index contributed by atoms with van der Waals surface area (Å²) >= 11 is 0. The highest BCUT2D eigenvalue weighted by atomic mass is 19.3. The Morgan fingerprint density at radius 2 is 1.57 bits per heavy atom. The fourth-order valence-electron chi connectivity index (χ4n) is 4.73. The van der Waals surface area contributed by atoms with Crippen molar-refractivity contribution in [3.8, 4) is 11.1 Å². The van der Waals surface area contributed by atoms with Crippen LogP contribution in [0.2, 0.25) is 0 Å². The molecule has 0 bridgehead atoms. The summed E-state index contributed by atoms with van der Waals surface area (Å²) in [5.74, 6) is -9.00. The largest absolute Gasteiger partial charge is 0.480 e. The van der Waals surface area contributed by atoms with Crippen molar-refractivity contribution in [2.75, 3.05) is 13.2 Å². The minimum Gasteiger partial charge on any atom is -0.480 e. The summed E-state index contributed by atoms with van der Waals surface area (Å²) in [6.07, 6.45) is -0.855. The minimum absolute atomic E-state index is 0.0384. The number of alkyl halides is 2. The quantitative estimate of drug-likeness (QED) is 0.548. The van der Waals surface area contributed by atoms with E-state index in [1.54, 1.807) is 20.8 Å². The normalized spacial score (nSPS) is 20.8. The number of carboxylic acids is 1. The van der Waals surface area contributed by atoms with Crippen LogP contribution in [0.15, 0.2) is 48.5 Å². The summed E-state index contributed by atoms with van der Waals surface area (Å²) in [6, 6.07) is 14.3. The second-order valence-corrected chi connectivity index (χ2v) is 10.1. The molecule has 0 spiro atoms. The van der Waals surface area contributed by atoms with Gasteiger partial charge in [0.05, 0.1) is 5.92 Å². The Kier molecular flexibility index (Phi) is 6.29. The van der Waals surface area contributed by atoms with Gasteiger partial charge in [0.1, 0.15) is 18.6 Å². The molecule has 1 unspecified atom stereocenters. The van der Waals surface area contributed by atoms with E-state index in [1.807, 2.05) is 48.5 Å². The molecule has 0 heterocycles. The molecule has 3 N–H and O–H groups in total. The summed E-state index contributed by atoms with van der Waals surface area (Å²) in [7, 11) is 0. The SMILES string of the molecule is CC(C)(C)C(NC(=O)[C@@H]1[C@H](CNC(=O)OCC2c3ccccc3-c3ccccc32)C1(F)F)C(=O)O. The molecular formula is C26H28F2N2O5. The predicted molar refractivity (Wildman–Crippen MR) is 124 cm³/mol. The minimum atomic E-state index is -3.35. The van der Waals surface area contributed by atoms with Crippen molar-refractivity contribution in [3.63, 3.8) is 0 Å². The molecule has 0 saturated heterocycles. The fourth-order valence-corrected chi connectivity index (χ4v) is 4.73. The van der Waals surface area contributed by atoms with Crippen molar-refractivity contribution in [3.05, 3.63) is 59.7 Å². The first kappa shape index (κ1) is 24.6. The molecule has 2 aromatic rings. The second-order valence-electron chi connectivity index (χ2n) is 10.1. The zero-order chi connectivity index (χ0) is 25.5. The van der Waals surface area contributed by atoms with Crippen LogP contribution in [0.3, 0.4) is 0 Å². The molecule has 2 amide bonds. The average molecular weight is 487 g/mol. The topological polar surface area (TPSA) is 105 Å². The Balaban J connectivity index is 1.32. The highest BCUT2D eigenvalue weighted by Gasteiger charge is 2.72. The Morgan fingerprint density at radius 1 is 1.03 bits per heavy atom. The predicted octanol–water partition coefficient (Wildman–Crippen LogP) is 4.02. The standard InChI is InChI=1S/C26H28F2N2O5/c1-25(2,3)21(23(32)33)30-22(31)20-19(26(20,27)28)12-29-24(34)35-13-18-16-10-6-4-8-14(16)15-9-5-7-11-17(15)18/h4-11,18-21H,12-13H2,1-3H3,(H,29,34)(H,30,31)(H,32,33)/t19-,20-,21?/m0/s1. The molecule has 3 atom stereocenters. The highest BCUT2D eigenvalue weighted by Crippen LogP contribution is 2.55. The number of hydrogen-bond donors (Lipinski definition) is 3. The number of halogens is 2. The van der Waals surface area contributed by atoms with Gasteiger partial charge in [-0.05, 0) is 27.7 Å². The molecule has 2 aromatic carbocycles. The number of alkyl carbamates (subject to hydrolysis) is 1. The van der Waals surface area contributed by atoms with Gasteiger partial charge in [0.2, 0.25) is 5.91 Å². The Hall–Kier alpha value is -3.49. The number of ether oxygens (including phenoxy) is 1. The van der Waals surface area contributed by atoms with E-state index in [4.69, 9.17) is 4.74 Å². The third-order valence-corrected chi connectivity index (χ3v) is 6.69. The lowest BCUT2D eigenvalue weighted by Gasteiger charge is -2.27.